The number of ether oxygens (including phenoxy) is 2. The fourth-order valence-corrected chi connectivity index (χ4v) is 3.20. The van der Waals surface area contributed by atoms with Crippen LogP contribution in [0.2, 0.25) is 0 Å². The Morgan fingerprint density at radius 3 is 2.29 bits per heavy atom. The summed E-state index contributed by atoms with van der Waals surface area (Å²) in [6.07, 6.45) is 3.70. The van der Waals surface area contributed by atoms with Crippen LogP contribution in [0.25, 0.3) is 0 Å². The molecule has 0 fully saturated rings. The monoisotopic (exact) mass is 448 g/mol. The highest BCUT2D eigenvalue weighted by molar-refractivity contribution is 7.89. The van der Waals surface area contributed by atoms with Gasteiger partial charge in [-0.1, -0.05) is 31.9 Å². The molecule has 8 nitrogen and oxygen atoms in total. The van der Waals surface area contributed by atoms with Gasteiger partial charge in [-0.05, 0) is 54.8 Å². The van der Waals surface area contributed by atoms with Crippen LogP contribution in [-0.4, -0.2) is 40.1 Å². The maximum atomic E-state index is 12.1. The van der Waals surface area contributed by atoms with Gasteiger partial charge in [0.2, 0.25) is 10.0 Å². The molecule has 0 unspecified atom stereocenters. The van der Waals surface area contributed by atoms with E-state index in [4.69, 9.17) is 14.6 Å². The van der Waals surface area contributed by atoms with Crippen LogP contribution in [0.5, 0.6) is 5.75 Å². The van der Waals surface area contributed by atoms with E-state index < -0.39 is 28.5 Å². The summed E-state index contributed by atoms with van der Waals surface area (Å²) in [7, 11) is -3.73. The minimum absolute atomic E-state index is 0.0308. The predicted molar refractivity (Wildman–Crippen MR) is 116 cm³/mol. The lowest BCUT2D eigenvalue weighted by Gasteiger charge is -2.08. The quantitative estimate of drug-likeness (QED) is 0.379. The summed E-state index contributed by atoms with van der Waals surface area (Å²) in [5.74, 6) is -0.334. The number of hydrogen-bond donors (Lipinski definition) is 2. The van der Waals surface area contributed by atoms with Gasteiger partial charge >= 0.3 is 5.97 Å². The fourth-order valence-electron chi connectivity index (χ4n) is 2.69. The number of nitrogens with two attached hydrogens (primary N) is 1. The normalized spacial score (nSPS) is 11.0. The Hall–Kier alpha value is -2.91. The van der Waals surface area contributed by atoms with E-state index in [0.717, 1.165) is 24.8 Å². The van der Waals surface area contributed by atoms with Crippen LogP contribution in [0.1, 0.15) is 42.1 Å². The molecule has 1 amide bonds. The molecule has 2 aromatic carbocycles. The van der Waals surface area contributed by atoms with Gasteiger partial charge in [-0.2, -0.15) is 0 Å². The maximum absolute atomic E-state index is 12.1. The Bertz CT molecular complexity index is 957. The second-order valence-electron chi connectivity index (χ2n) is 6.94. The number of benzene rings is 2. The fraction of sp³-hybridized carbons (Fsp3) is 0.364. The molecule has 0 aliphatic rings. The Morgan fingerprint density at radius 1 is 1.00 bits per heavy atom. The molecule has 0 radical (unpaired) electrons. The zero-order valence-corrected chi connectivity index (χ0v) is 18.3. The third kappa shape index (κ3) is 8.77. The minimum atomic E-state index is -3.73. The summed E-state index contributed by atoms with van der Waals surface area (Å²) in [6.45, 7) is 2.68. The molecule has 2 rings (SSSR count). The zero-order chi connectivity index (χ0) is 22.7. The Labute approximate surface area is 182 Å². The molecule has 0 aliphatic heterocycles. The number of nitrogens with one attached hydrogen (secondary N) is 1. The van der Waals surface area contributed by atoms with E-state index in [1.807, 2.05) is 0 Å². The molecule has 0 saturated carbocycles. The first kappa shape index (κ1) is 24.4. The smallest absolute Gasteiger partial charge is 0.338 e. The van der Waals surface area contributed by atoms with Crippen LogP contribution in [0.4, 0.5) is 0 Å². The molecule has 2 aromatic rings. The van der Waals surface area contributed by atoms with E-state index in [1.165, 1.54) is 12.1 Å². The van der Waals surface area contributed by atoms with Gasteiger partial charge in [0, 0.05) is 6.54 Å². The number of amides is 1. The standard InChI is InChI=1S/C22H28N2O6S/c1-2-3-4-15-29-19-9-7-18(8-10-19)22(26)30-16-21(25)24-14-13-17-5-11-20(12-6-17)31(23,27)28/h5-12H,2-4,13-16H2,1H3,(H,24,25)(H2,23,27,28). The molecule has 0 heterocycles. The van der Waals surface area contributed by atoms with Gasteiger partial charge in [-0.3, -0.25) is 4.79 Å². The van der Waals surface area contributed by atoms with Crippen LogP contribution < -0.4 is 15.2 Å². The summed E-state index contributed by atoms with van der Waals surface area (Å²) in [6, 6.07) is 12.7. The molecular formula is C22H28N2O6S. The van der Waals surface area contributed by atoms with Gasteiger partial charge in [0.1, 0.15) is 5.75 Å². The van der Waals surface area contributed by atoms with Crippen molar-refractivity contribution in [1.29, 1.82) is 0 Å². The highest BCUT2D eigenvalue weighted by atomic mass is 32.2. The molecule has 0 saturated heterocycles. The number of primary sulfonamides is 1. The van der Waals surface area contributed by atoms with Crippen molar-refractivity contribution in [2.24, 2.45) is 5.14 Å². The molecule has 0 spiro atoms. The number of rotatable bonds is 12. The van der Waals surface area contributed by atoms with Crippen molar-refractivity contribution in [1.82, 2.24) is 5.32 Å². The second kappa shape index (κ2) is 12.1. The third-order valence-electron chi connectivity index (χ3n) is 4.43. The van der Waals surface area contributed by atoms with E-state index in [0.29, 0.717) is 30.9 Å². The number of carbonyl (C=O) groups is 2. The Kier molecular flexibility index (Phi) is 9.48. The molecule has 168 valence electrons. The highest BCUT2D eigenvalue weighted by Gasteiger charge is 2.11. The molecule has 3 N–H and O–H groups in total. The van der Waals surface area contributed by atoms with Crippen molar-refractivity contribution < 1.29 is 27.5 Å². The number of unbranched alkanes of at least 4 members (excludes halogenated alkanes) is 2. The van der Waals surface area contributed by atoms with Crippen molar-refractivity contribution in [3.05, 3.63) is 59.7 Å². The van der Waals surface area contributed by atoms with Crippen molar-refractivity contribution in [3.63, 3.8) is 0 Å². The van der Waals surface area contributed by atoms with E-state index in [9.17, 15) is 18.0 Å². The van der Waals surface area contributed by atoms with Crippen molar-refractivity contribution in [2.75, 3.05) is 19.8 Å². The van der Waals surface area contributed by atoms with E-state index in [2.05, 4.69) is 12.2 Å². The van der Waals surface area contributed by atoms with Crippen molar-refractivity contribution in [2.45, 2.75) is 37.5 Å². The van der Waals surface area contributed by atoms with E-state index >= 15 is 0 Å². The van der Waals surface area contributed by atoms with Crippen molar-refractivity contribution >= 4 is 21.9 Å². The largest absolute Gasteiger partial charge is 0.494 e. The third-order valence-corrected chi connectivity index (χ3v) is 5.36. The zero-order valence-electron chi connectivity index (χ0n) is 17.5. The van der Waals surface area contributed by atoms with Gasteiger partial charge in [0.15, 0.2) is 6.61 Å². The summed E-state index contributed by atoms with van der Waals surface area (Å²) < 4.78 is 33.1. The second-order valence-corrected chi connectivity index (χ2v) is 8.51. The predicted octanol–water partition coefficient (Wildman–Crippen LogP) is 2.42. The lowest BCUT2D eigenvalue weighted by molar-refractivity contribution is -0.124. The average Bonchev–Trinajstić information content (AvgIpc) is 2.75. The Morgan fingerprint density at radius 2 is 1.68 bits per heavy atom. The summed E-state index contributed by atoms with van der Waals surface area (Å²) >= 11 is 0. The minimum Gasteiger partial charge on any atom is -0.494 e. The molecule has 0 aliphatic carbocycles. The number of hydrogen-bond acceptors (Lipinski definition) is 6. The topological polar surface area (TPSA) is 125 Å². The highest BCUT2D eigenvalue weighted by Crippen LogP contribution is 2.14. The van der Waals surface area contributed by atoms with Crippen LogP contribution in [-0.2, 0) is 26.0 Å². The van der Waals surface area contributed by atoms with Gasteiger partial charge < -0.3 is 14.8 Å². The van der Waals surface area contributed by atoms with Gasteiger partial charge in [-0.15, -0.1) is 0 Å². The average molecular weight is 449 g/mol. The van der Waals surface area contributed by atoms with E-state index in [-0.39, 0.29) is 4.90 Å². The van der Waals surface area contributed by atoms with Gasteiger partial charge in [0.05, 0.1) is 17.1 Å². The Balaban J connectivity index is 1.69. The first-order valence-corrected chi connectivity index (χ1v) is 11.6. The number of carbonyl (C=O) groups excluding carboxylic acids is 2. The molecular weight excluding hydrogens is 420 g/mol. The van der Waals surface area contributed by atoms with Crippen LogP contribution in [0.3, 0.4) is 0 Å². The first-order valence-electron chi connectivity index (χ1n) is 10.1. The molecule has 0 atom stereocenters. The summed E-state index contributed by atoms with van der Waals surface area (Å²) in [5.41, 5.74) is 1.17. The molecule has 31 heavy (non-hydrogen) atoms. The van der Waals surface area contributed by atoms with Gasteiger partial charge in [0.25, 0.3) is 5.91 Å². The van der Waals surface area contributed by atoms with Crippen LogP contribution >= 0.6 is 0 Å². The lowest BCUT2D eigenvalue weighted by Crippen LogP contribution is -2.30. The number of sulfonamides is 1. The van der Waals surface area contributed by atoms with Crippen LogP contribution in [0, 0.1) is 0 Å². The number of esters is 1. The SMILES string of the molecule is CCCCCOc1ccc(C(=O)OCC(=O)NCCc2ccc(S(N)(=O)=O)cc2)cc1. The van der Waals surface area contributed by atoms with Crippen LogP contribution in [0.15, 0.2) is 53.4 Å². The van der Waals surface area contributed by atoms with Crippen molar-refractivity contribution in [3.8, 4) is 5.75 Å². The molecule has 0 aromatic heterocycles. The molecule has 0 bridgehead atoms. The lowest BCUT2D eigenvalue weighted by atomic mass is 10.1. The maximum Gasteiger partial charge on any atom is 0.338 e. The van der Waals surface area contributed by atoms with Gasteiger partial charge in [-0.25, -0.2) is 18.4 Å². The summed E-state index contributed by atoms with van der Waals surface area (Å²) in [4.78, 5) is 24.0. The first-order chi connectivity index (χ1) is 14.8. The molecule has 9 heteroatoms. The summed E-state index contributed by atoms with van der Waals surface area (Å²) in [5, 5.41) is 7.70. The van der Waals surface area contributed by atoms with E-state index in [1.54, 1.807) is 36.4 Å².